The normalized spacial score (nSPS) is 10.5. The van der Waals surface area contributed by atoms with Gasteiger partial charge in [-0.15, -0.1) is 11.3 Å². The maximum Gasteiger partial charge on any atom is 0.177 e. The van der Waals surface area contributed by atoms with Crippen LogP contribution in [-0.2, 0) is 0 Å². The van der Waals surface area contributed by atoms with Crippen molar-refractivity contribution in [3.8, 4) is 10.6 Å². The van der Waals surface area contributed by atoms with Gasteiger partial charge >= 0.3 is 0 Å². The zero-order valence-corrected chi connectivity index (χ0v) is 7.81. The van der Waals surface area contributed by atoms with Crippen LogP contribution in [-0.4, -0.2) is 5.16 Å². The van der Waals surface area contributed by atoms with Crippen LogP contribution in [0.25, 0.3) is 10.6 Å². The van der Waals surface area contributed by atoms with Gasteiger partial charge in [0.15, 0.2) is 5.76 Å². The molecule has 2 nitrogen and oxygen atoms in total. The highest BCUT2D eigenvalue weighted by atomic mass is 32.1. The van der Waals surface area contributed by atoms with E-state index >= 15 is 0 Å². The van der Waals surface area contributed by atoms with Crippen molar-refractivity contribution in [2.45, 2.75) is 13.8 Å². The van der Waals surface area contributed by atoms with E-state index in [2.05, 4.69) is 24.2 Å². The third kappa shape index (κ3) is 1.28. The molecule has 0 radical (unpaired) electrons. The minimum Gasteiger partial charge on any atom is -0.355 e. The fourth-order valence-electron chi connectivity index (χ4n) is 1.05. The summed E-state index contributed by atoms with van der Waals surface area (Å²) in [6.45, 7) is 4.00. The van der Waals surface area contributed by atoms with E-state index in [0.29, 0.717) is 0 Å². The summed E-state index contributed by atoms with van der Waals surface area (Å²) in [6, 6.07) is 6.09. The first-order chi connectivity index (χ1) is 5.75. The van der Waals surface area contributed by atoms with Crippen LogP contribution in [0.1, 0.15) is 10.6 Å². The van der Waals surface area contributed by atoms with Gasteiger partial charge < -0.3 is 4.52 Å². The Hall–Kier alpha value is -1.09. The fraction of sp³-hybridized carbons (Fsp3) is 0.222. The second-order valence-electron chi connectivity index (χ2n) is 2.74. The summed E-state index contributed by atoms with van der Waals surface area (Å²) >= 11 is 1.72. The molecule has 0 saturated heterocycles. The molecule has 0 aliphatic rings. The van der Waals surface area contributed by atoms with Gasteiger partial charge in [0.1, 0.15) is 0 Å². The van der Waals surface area contributed by atoms with E-state index < -0.39 is 0 Å². The van der Waals surface area contributed by atoms with Gasteiger partial charge in [-0.25, -0.2) is 0 Å². The summed E-state index contributed by atoms with van der Waals surface area (Å²) in [6.07, 6.45) is 0. The van der Waals surface area contributed by atoms with Gasteiger partial charge in [0.25, 0.3) is 0 Å². The van der Waals surface area contributed by atoms with Crippen molar-refractivity contribution in [2.24, 2.45) is 0 Å². The molecule has 2 aromatic heterocycles. The van der Waals surface area contributed by atoms with Crippen LogP contribution in [0.3, 0.4) is 0 Å². The van der Waals surface area contributed by atoms with Crippen molar-refractivity contribution >= 4 is 11.3 Å². The Labute approximate surface area is 74.8 Å². The van der Waals surface area contributed by atoms with E-state index in [-0.39, 0.29) is 0 Å². The Morgan fingerprint density at radius 1 is 1.33 bits per heavy atom. The van der Waals surface area contributed by atoms with E-state index in [4.69, 9.17) is 4.52 Å². The Bertz CT molecular complexity index is 350. The second kappa shape index (κ2) is 2.75. The SMILES string of the molecule is Cc1cc(-c2ccc(C)s2)on1. The minimum atomic E-state index is 0.866. The Morgan fingerprint density at radius 2 is 2.17 bits per heavy atom. The van der Waals surface area contributed by atoms with Crippen LogP contribution >= 0.6 is 11.3 Å². The predicted octanol–water partition coefficient (Wildman–Crippen LogP) is 3.02. The number of aromatic nitrogens is 1. The monoisotopic (exact) mass is 179 g/mol. The lowest BCUT2D eigenvalue weighted by Gasteiger charge is -1.83. The Balaban J connectivity index is 2.43. The summed E-state index contributed by atoms with van der Waals surface area (Å²) in [4.78, 5) is 2.44. The molecule has 0 aromatic carbocycles. The molecule has 3 heteroatoms. The zero-order valence-electron chi connectivity index (χ0n) is 7.00. The predicted molar refractivity (Wildman–Crippen MR) is 49.3 cm³/mol. The highest BCUT2D eigenvalue weighted by Gasteiger charge is 2.05. The maximum absolute atomic E-state index is 5.12. The molecule has 2 heterocycles. The van der Waals surface area contributed by atoms with Crippen molar-refractivity contribution in [1.29, 1.82) is 0 Å². The van der Waals surface area contributed by atoms with Crippen molar-refractivity contribution in [3.63, 3.8) is 0 Å². The molecule has 12 heavy (non-hydrogen) atoms. The first kappa shape index (κ1) is 7.55. The second-order valence-corrected chi connectivity index (χ2v) is 4.03. The third-order valence-corrected chi connectivity index (χ3v) is 2.63. The first-order valence-corrected chi connectivity index (χ1v) is 4.57. The van der Waals surface area contributed by atoms with E-state index in [1.165, 1.54) is 4.88 Å². The molecule has 2 aromatic rings. The lowest BCUT2D eigenvalue weighted by molar-refractivity contribution is 0.428. The molecule has 0 unspecified atom stereocenters. The quantitative estimate of drug-likeness (QED) is 0.672. The van der Waals surface area contributed by atoms with Gasteiger partial charge in [-0.3, -0.25) is 0 Å². The number of hydrogen-bond donors (Lipinski definition) is 0. The molecule has 0 aliphatic heterocycles. The highest BCUT2D eigenvalue weighted by Crippen LogP contribution is 2.27. The number of aryl methyl sites for hydroxylation is 2. The van der Waals surface area contributed by atoms with Crippen molar-refractivity contribution < 1.29 is 4.52 Å². The van der Waals surface area contributed by atoms with Gasteiger partial charge in [-0.2, -0.15) is 0 Å². The van der Waals surface area contributed by atoms with Gasteiger partial charge in [0, 0.05) is 10.9 Å². The smallest absolute Gasteiger partial charge is 0.177 e. The van der Waals surface area contributed by atoms with Crippen molar-refractivity contribution in [2.75, 3.05) is 0 Å². The first-order valence-electron chi connectivity index (χ1n) is 3.76. The van der Waals surface area contributed by atoms with E-state index in [9.17, 15) is 0 Å². The van der Waals surface area contributed by atoms with Gasteiger partial charge in [-0.1, -0.05) is 5.16 Å². The molecule has 0 fully saturated rings. The summed E-state index contributed by atoms with van der Waals surface area (Å²) in [7, 11) is 0. The number of nitrogens with zero attached hydrogens (tertiary/aromatic N) is 1. The fourth-order valence-corrected chi connectivity index (χ4v) is 1.86. The molecular weight excluding hydrogens is 170 g/mol. The summed E-state index contributed by atoms with van der Waals surface area (Å²) in [5.74, 6) is 0.866. The van der Waals surface area contributed by atoms with Crippen molar-refractivity contribution in [3.05, 3.63) is 28.8 Å². The van der Waals surface area contributed by atoms with Crippen LogP contribution < -0.4 is 0 Å². The molecule has 0 spiro atoms. The zero-order chi connectivity index (χ0) is 8.55. The number of thiophene rings is 1. The van der Waals surface area contributed by atoms with E-state index in [1.807, 2.05) is 13.0 Å². The molecular formula is C9H9NOS. The molecule has 62 valence electrons. The van der Waals surface area contributed by atoms with Gasteiger partial charge in [0.2, 0.25) is 0 Å². The van der Waals surface area contributed by atoms with Crippen molar-refractivity contribution in [1.82, 2.24) is 5.16 Å². The van der Waals surface area contributed by atoms with Crippen LogP contribution in [0.15, 0.2) is 22.7 Å². The number of hydrogen-bond acceptors (Lipinski definition) is 3. The molecule has 0 bridgehead atoms. The largest absolute Gasteiger partial charge is 0.355 e. The highest BCUT2D eigenvalue weighted by molar-refractivity contribution is 7.15. The number of rotatable bonds is 1. The summed E-state index contributed by atoms with van der Waals surface area (Å²) in [5.41, 5.74) is 0.927. The molecule has 0 amide bonds. The van der Waals surface area contributed by atoms with Crippen LogP contribution in [0.2, 0.25) is 0 Å². The Kier molecular flexibility index (Phi) is 1.73. The van der Waals surface area contributed by atoms with Crippen LogP contribution in [0, 0.1) is 13.8 Å². The van der Waals surface area contributed by atoms with Gasteiger partial charge in [-0.05, 0) is 26.0 Å². The third-order valence-electron chi connectivity index (χ3n) is 1.61. The average molecular weight is 179 g/mol. The maximum atomic E-state index is 5.12. The van der Waals surface area contributed by atoms with Gasteiger partial charge in [0.05, 0.1) is 10.6 Å². The lowest BCUT2D eigenvalue weighted by atomic mass is 10.3. The topological polar surface area (TPSA) is 26.0 Å². The molecule has 0 aliphatic carbocycles. The van der Waals surface area contributed by atoms with Crippen LogP contribution in [0.5, 0.6) is 0 Å². The molecule has 0 saturated carbocycles. The summed E-state index contributed by atoms with van der Waals surface area (Å²) < 4.78 is 5.12. The summed E-state index contributed by atoms with van der Waals surface area (Å²) in [5, 5.41) is 3.83. The molecule has 0 atom stereocenters. The van der Waals surface area contributed by atoms with E-state index in [1.54, 1.807) is 11.3 Å². The average Bonchev–Trinajstić information content (AvgIpc) is 2.58. The minimum absolute atomic E-state index is 0.866. The molecule has 2 rings (SSSR count). The lowest BCUT2D eigenvalue weighted by Crippen LogP contribution is -1.60. The standard InChI is InChI=1S/C9H9NOS/c1-6-5-8(11-10-6)9-4-3-7(2)12-9/h3-5H,1-2H3. The Morgan fingerprint density at radius 3 is 2.67 bits per heavy atom. The molecule has 0 N–H and O–H groups in total. The van der Waals surface area contributed by atoms with E-state index in [0.717, 1.165) is 16.3 Å². The van der Waals surface area contributed by atoms with Crippen LogP contribution in [0.4, 0.5) is 0 Å².